The van der Waals surface area contributed by atoms with Gasteiger partial charge in [-0.25, -0.2) is 4.79 Å². The van der Waals surface area contributed by atoms with Gasteiger partial charge in [0.2, 0.25) is 5.91 Å². The number of esters is 1. The van der Waals surface area contributed by atoms with Crippen LogP contribution in [-0.4, -0.2) is 35.6 Å². The second-order valence-corrected chi connectivity index (χ2v) is 4.95. The minimum absolute atomic E-state index is 0.0590. The molecule has 1 aromatic rings. The van der Waals surface area contributed by atoms with Crippen LogP contribution in [0.4, 0.5) is 0 Å². The van der Waals surface area contributed by atoms with Gasteiger partial charge in [0.1, 0.15) is 6.04 Å². The normalized spacial score (nSPS) is 11.5. The lowest BCUT2D eigenvalue weighted by atomic mass is 10.0. The fourth-order valence-electron chi connectivity index (χ4n) is 1.88. The van der Waals surface area contributed by atoms with E-state index in [-0.39, 0.29) is 25.9 Å². The van der Waals surface area contributed by atoms with Crippen LogP contribution < -0.4 is 5.32 Å². The van der Waals surface area contributed by atoms with Crippen LogP contribution in [0.5, 0.6) is 0 Å². The first-order valence-corrected chi connectivity index (χ1v) is 7.15. The largest absolute Gasteiger partial charge is 0.480 e. The molecule has 0 saturated heterocycles. The highest BCUT2D eigenvalue weighted by Crippen LogP contribution is 2.07. The minimum Gasteiger partial charge on any atom is -0.480 e. The Morgan fingerprint density at radius 2 is 1.82 bits per heavy atom. The standard InChI is InChI=1S/C16H21NO5/c1-3-22-15(19)9-8-14(18)17-13(16(20)21)10-12-6-4-11(2)5-7-12/h4-7,13H,3,8-10H2,1-2H3,(H,17,18)(H,20,21)/t13-/m0/s1. The van der Waals surface area contributed by atoms with Gasteiger partial charge in [-0.05, 0) is 19.4 Å². The zero-order valence-electron chi connectivity index (χ0n) is 12.8. The van der Waals surface area contributed by atoms with E-state index in [0.29, 0.717) is 0 Å². The predicted molar refractivity (Wildman–Crippen MR) is 80.3 cm³/mol. The summed E-state index contributed by atoms with van der Waals surface area (Å²) in [6.07, 6.45) is 0.0494. The fraction of sp³-hybridized carbons (Fsp3) is 0.438. The van der Waals surface area contributed by atoms with Crippen LogP contribution in [0, 0.1) is 6.92 Å². The molecule has 0 heterocycles. The number of amides is 1. The Bertz CT molecular complexity index is 524. The van der Waals surface area contributed by atoms with Crippen LogP contribution in [0.15, 0.2) is 24.3 Å². The molecule has 0 spiro atoms. The van der Waals surface area contributed by atoms with E-state index in [4.69, 9.17) is 4.74 Å². The fourth-order valence-corrected chi connectivity index (χ4v) is 1.88. The molecule has 6 nitrogen and oxygen atoms in total. The van der Waals surface area contributed by atoms with E-state index >= 15 is 0 Å². The third kappa shape index (κ3) is 6.39. The Morgan fingerprint density at radius 3 is 2.36 bits per heavy atom. The third-order valence-electron chi connectivity index (χ3n) is 3.06. The second kappa shape index (κ2) is 8.81. The maximum atomic E-state index is 11.7. The van der Waals surface area contributed by atoms with Gasteiger partial charge >= 0.3 is 11.9 Å². The number of rotatable bonds is 8. The summed E-state index contributed by atoms with van der Waals surface area (Å²) in [5.41, 5.74) is 1.90. The molecule has 1 atom stereocenters. The van der Waals surface area contributed by atoms with E-state index in [9.17, 15) is 19.5 Å². The highest BCUT2D eigenvalue weighted by Gasteiger charge is 2.20. The molecule has 120 valence electrons. The van der Waals surface area contributed by atoms with E-state index in [0.717, 1.165) is 11.1 Å². The topological polar surface area (TPSA) is 92.7 Å². The van der Waals surface area contributed by atoms with Crippen molar-refractivity contribution in [1.29, 1.82) is 0 Å². The summed E-state index contributed by atoms with van der Waals surface area (Å²) >= 11 is 0. The molecule has 0 bridgehead atoms. The second-order valence-electron chi connectivity index (χ2n) is 4.95. The molecule has 1 amide bonds. The number of aliphatic carboxylic acids is 1. The van der Waals surface area contributed by atoms with Gasteiger partial charge in [0.15, 0.2) is 0 Å². The number of carboxylic acid groups (broad SMARTS) is 1. The zero-order chi connectivity index (χ0) is 16.5. The van der Waals surface area contributed by atoms with Gasteiger partial charge in [-0.1, -0.05) is 29.8 Å². The smallest absolute Gasteiger partial charge is 0.326 e. The molecule has 2 N–H and O–H groups in total. The number of carbonyl (C=O) groups excluding carboxylic acids is 2. The summed E-state index contributed by atoms with van der Waals surface area (Å²) in [4.78, 5) is 34.1. The van der Waals surface area contributed by atoms with Gasteiger partial charge < -0.3 is 15.2 Å². The van der Waals surface area contributed by atoms with E-state index in [2.05, 4.69) is 5.32 Å². The molecule has 0 fully saturated rings. The number of ether oxygens (including phenoxy) is 1. The summed E-state index contributed by atoms with van der Waals surface area (Å²) in [5, 5.41) is 11.6. The van der Waals surface area contributed by atoms with Gasteiger partial charge in [-0.2, -0.15) is 0 Å². The minimum atomic E-state index is -1.11. The maximum absolute atomic E-state index is 11.7. The van der Waals surface area contributed by atoms with Gasteiger partial charge in [0.25, 0.3) is 0 Å². The Balaban J connectivity index is 2.53. The summed E-state index contributed by atoms with van der Waals surface area (Å²) in [5.74, 6) is -2.05. The lowest BCUT2D eigenvalue weighted by Gasteiger charge is -2.14. The first-order valence-electron chi connectivity index (χ1n) is 7.15. The first kappa shape index (κ1) is 17.7. The van der Waals surface area contributed by atoms with E-state index < -0.39 is 23.9 Å². The van der Waals surface area contributed by atoms with Gasteiger partial charge in [-0.15, -0.1) is 0 Å². The number of benzene rings is 1. The summed E-state index contributed by atoms with van der Waals surface area (Å²) in [7, 11) is 0. The van der Waals surface area contributed by atoms with Crippen molar-refractivity contribution in [3.05, 3.63) is 35.4 Å². The number of aryl methyl sites for hydroxylation is 1. The molecule has 0 aliphatic heterocycles. The van der Waals surface area contributed by atoms with E-state index in [1.807, 2.05) is 31.2 Å². The number of carboxylic acids is 1. The quantitative estimate of drug-likeness (QED) is 0.709. The van der Waals surface area contributed by atoms with E-state index in [1.54, 1.807) is 6.92 Å². The van der Waals surface area contributed by atoms with Crippen molar-refractivity contribution in [2.24, 2.45) is 0 Å². The molecule has 0 unspecified atom stereocenters. The van der Waals surface area contributed by atoms with Crippen molar-refractivity contribution in [2.75, 3.05) is 6.61 Å². The van der Waals surface area contributed by atoms with Crippen molar-refractivity contribution in [3.63, 3.8) is 0 Å². The van der Waals surface area contributed by atoms with Gasteiger partial charge in [0, 0.05) is 12.8 Å². The van der Waals surface area contributed by atoms with E-state index in [1.165, 1.54) is 0 Å². The first-order chi connectivity index (χ1) is 10.4. The van der Waals surface area contributed by atoms with Crippen molar-refractivity contribution in [1.82, 2.24) is 5.32 Å². The van der Waals surface area contributed by atoms with Crippen molar-refractivity contribution in [3.8, 4) is 0 Å². The molecule has 0 aliphatic rings. The molecule has 0 radical (unpaired) electrons. The van der Waals surface area contributed by atoms with Crippen LogP contribution in [0.3, 0.4) is 0 Å². The molecule has 0 aliphatic carbocycles. The highest BCUT2D eigenvalue weighted by molar-refractivity contribution is 5.85. The molecule has 0 saturated carbocycles. The number of carbonyl (C=O) groups is 3. The Kier molecular flexibility index (Phi) is 7.08. The number of nitrogens with one attached hydrogen (secondary N) is 1. The number of hydrogen-bond acceptors (Lipinski definition) is 4. The monoisotopic (exact) mass is 307 g/mol. The van der Waals surface area contributed by atoms with Crippen molar-refractivity contribution < 1.29 is 24.2 Å². The van der Waals surface area contributed by atoms with Gasteiger partial charge in [0.05, 0.1) is 13.0 Å². The van der Waals surface area contributed by atoms with Crippen molar-refractivity contribution in [2.45, 2.75) is 39.2 Å². The summed E-state index contributed by atoms with van der Waals surface area (Å²) < 4.78 is 4.72. The van der Waals surface area contributed by atoms with Gasteiger partial charge in [-0.3, -0.25) is 9.59 Å². The molecule has 6 heteroatoms. The van der Waals surface area contributed by atoms with Crippen LogP contribution in [0.25, 0.3) is 0 Å². The lowest BCUT2D eigenvalue weighted by molar-refractivity contribution is -0.144. The van der Waals surface area contributed by atoms with Crippen LogP contribution >= 0.6 is 0 Å². The van der Waals surface area contributed by atoms with Crippen molar-refractivity contribution >= 4 is 17.8 Å². The highest BCUT2D eigenvalue weighted by atomic mass is 16.5. The summed E-state index contributed by atoms with van der Waals surface area (Å²) in [6.45, 7) is 3.88. The Morgan fingerprint density at radius 1 is 1.18 bits per heavy atom. The zero-order valence-corrected chi connectivity index (χ0v) is 12.8. The molecule has 22 heavy (non-hydrogen) atoms. The van der Waals surface area contributed by atoms with Crippen LogP contribution in [0.1, 0.15) is 30.9 Å². The average Bonchev–Trinajstić information content (AvgIpc) is 2.47. The maximum Gasteiger partial charge on any atom is 0.326 e. The number of hydrogen-bond donors (Lipinski definition) is 2. The SMILES string of the molecule is CCOC(=O)CCC(=O)N[C@@H](Cc1ccc(C)cc1)C(=O)O. The molecule has 1 aromatic carbocycles. The predicted octanol–water partition coefficient (Wildman–Crippen LogP) is 1.45. The molecule has 0 aromatic heterocycles. The molecular weight excluding hydrogens is 286 g/mol. The van der Waals surface area contributed by atoms with Crippen LogP contribution in [0.2, 0.25) is 0 Å². The summed E-state index contributed by atoms with van der Waals surface area (Å²) in [6, 6.07) is 6.41. The molecule has 1 rings (SSSR count). The van der Waals surface area contributed by atoms with Crippen LogP contribution in [-0.2, 0) is 25.5 Å². The Labute approximate surface area is 129 Å². The lowest BCUT2D eigenvalue weighted by Crippen LogP contribution is -2.42. The average molecular weight is 307 g/mol. The third-order valence-corrected chi connectivity index (χ3v) is 3.06. The molecular formula is C16H21NO5. The Hall–Kier alpha value is -2.37.